The van der Waals surface area contributed by atoms with E-state index in [1.807, 2.05) is 0 Å². The largest absolute Gasteiger partial charge is 0.519 e. The summed E-state index contributed by atoms with van der Waals surface area (Å²) in [6.45, 7) is 0.886. The molecule has 1 saturated carbocycles. The SMILES string of the molecule is COOP(N)(=O)OP(=O)(OOC)OP(=O)(OCC1OC(n2cnc3c(NCCCCCCNC4CCCCCCCC4)ncnc32)C(O)C1O)OOC. The van der Waals surface area contributed by atoms with Gasteiger partial charge in [0.2, 0.25) is 0 Å². The number of aromatic nitrogens is 4. The number of ether oxygens (including phenoxy) is 1. The molecule has 7 unspecified atom stereocenters. The van der Waals surface area contributed by atoms with Crippen LogP contribution >= 0.6 is 23.4 Å². The van der Waals surface area contributed by atoms with E-state index in [2.05, 4.69) is 58.6 Å². The summed E-state index contributed by atoms with van der Waals surface area (Å²) < 4.78 is 73.0. The normalized spacial score (nSPS) is 25.2. The van der Waals surface area contributed by atoms with Crippen molar-refractivity contribution in [2.75, 3.05) is 46.3 Å². The maximum Gasteiger partial charge on any atom is 0.519 e. The number of nitrogens with two attached hydrogens (primary N) is 1. The van der Waals surface area contributed by atoms with Crippen LogP contribution in [0.15, 0.2) is 12.7 Å². The van der Waals surface area contributed by atoms with Crippen LogP contribution in [0.3, 0.4) is 0 Å². The highest BCUT2D eigenvalue weighted by Crippen LogP contribution is 2.71. The van der Waals surface area contributed by atoms with Crippen LogP contribution in [0.2, 0.25) is 0 Å². The molecular formula is C28H52N7O15P3. The number of fused-ring (bicyclic) bond motifs is 1. The first-order valence-corrected chi connectivity index (χ1v) is 22.0. The highest BCUT2D eigenvalue weighted by Gasteiger charge is 2.50. The predicted octanol–water partition coefficient (Wildman–Crippen LogP) is 4.58. The van der Waals surface area contributed by atoms with Crippen molar-refractivity contribution >= 4 is 40.4 Å². The molecule has 0 spiro atoms. The van der Waals surface area contributed by atoms with E-state index in [1.54, 1.807) is 0 Å². The number of hydrogen-bond donors (Lipinski definition) is 5. The average Bonchev–Trinajstić information content (AvgIpc) is 3.69. The van der Waals surface area contributed by atoms with E-state index in [0.29, 0.717) is 29.6 Å². The minimum Gasteiger partial charge on any atom is -0.387 e. The Morgan fingerprint density at radius 3 is 2.15 bits per heavy atom. The molecule has 7 atom stereocenters. The number of aliphatic hydroxyl groups is 2. The summed E-state index contributed by atoms with van der Waals surface area (Å²) in [7, 11) is -12.6. The minimum absolute atomic E-state index is 0.298. The first-order chi connectivity index (χ1) is 25.4. The second-order valence-corrected chi connectivity index (χ2v) is 17.3. The minimum atomic E-state index is -5.32. The van der Waals surface area contributed by atoms with Crippen LogP contribution in [0, 0.1) is 0 Å². The van der Waals surface area contributed by atoms with Crippen LogP contribution in [0.4, 0.5) is 5.82 Å². The molecule has 2 aromatic rings. The summed E-state index contributed by atoms with van der Waals surface area (Å²) >= 11 is 0. The maximum absolute atomic E-state index is 13.3. The standard InChI is InChI=1S/C28H52N7O15P3/c1-41-46-51(29,38)49-53(40,48-43-3)50-52(39,47-42-2)44-18-22-24(36)25(37)28(45-22)35-20-34-23-26(32-19-33-27(23)35)31-17-13-9-8-12-16-30-21-14-10-6-4-5-7-11-15-21/h19-22,24-25,28,30,36-37H,4-18H2,1-3H3,(H2,29,38)(H,31,32,33). The monoisotopic (exact) mass is 819 g/mol. The van der Waals surface area contributed by atoms with Gasteiger partial charge in [-0.3, -0.25) is 9.09 Å². The van der Waals surface area contributed by atoms with Gasteiger partial charge in [-0.05, 0) is 32.2 Å². The van der Waals surface area contributed by atoms with Crippen LogP contribution in [0.5, 0.6) is 0 Å². The molecule has 304 valence electrons. The van der Waals surface area contributed by atoms with Crippen LogP contribution in [0.1, 0.15) is 83.3 Å². The van der Waals surface area contributed by atoms with Gasteiger partial charge in [-0.1, -0.05) is 51.4 Å². The van der Waals surface area contributed by atoms with Gasteiger partial charge in [0.15, 0.2) is 23.2 Å². The Bertz CT molecular complexity index is 1530. The van der Waals surface area contributed by atoms with Gasteiger partial charge in [-0.15, -0.1) is 14.0 Å². The van der Waals surface area contributed by atoms with Gasteiger partial charge in [0.1, 0.15) is 24.6 Å². The third kappa shape index (κ3) is 13.6. The van der Waals surface area contributed by atoms with Crippen molar-refractivity contribution in [1.29, 1.82) is 0 Å². The number of nitrogens with one attached hydrogen (secondary N) is 2. The lowest BCUT2D eigenvalue weighted by molar-refractivity contribution is -0.213. The number of unbranched alkanes of at least 4 members (excludes halogenated alkanes) is 3. The fourth-order valence-corrected chi connectivity index (χ4v) is 10.1. The molecule has 6 N–H and O–H groups in total. The molecule has 22 nitrogen and oxygen atoms in total. The highest BCUT2D eigenvalue weighted by atomic mass is 31.3. The number of anilines is 1. The van der Waals surface area contributed by atoms with Gasteiger partial charge in [0.05, 0.1) is 34.3 Å². The van der Waals surface area contributed by atoms with Crippen molar-refractivity contribution in [3.8, 4) is 0 Å². The molecule has 2 aromatic heterocycles. The van der Waals surface area contributed by atoms with Crippen LogP contribution in [-0.4, -0.2) is 95.1 Å². The summed E-state index contributed by atoms with van der Waals surface area (Å²) in [6, 6.07) is 0.643. The molecule has 0 amide bonds. The summed E-state index contributed by atoms with van der Waals surface area (Å²) in [5.74, 6) is 0.487. The molecule has 2 fully saturated rings. The van der Waals surface area contributed by atoms with Crippen molar-refractivity contribution in [2.45, 2.75) is 108 Å². The van der Waals surface area contributed by atoms with E-state index in [1.165, 1.54) is 68.6 Å². The third-order valence-corrected chi connectivity index (χ3v) is 13.3. The van der Waals surface area contributed by atoms with Gasteiger partial charge < -0.3 is 25.6 Å². The second kappa shape index (κ2) is 21.7. The zero-order valence-corrected chi connectivity index (χ0v) is 32.7. The Morgan fingerprint density at radius 1 is 0.830 bits per heavy atom. The van der Waals surface area contributed by atoms with E-state index in [4.69, 9.17) is 19.1 Å². The van der Waals surface area contributed by atoms with Crippen molar-refractivity contribution < 1.29 is 70.5 Å². The molecular weight excluding hydrogens is 767 g/mol. The molecule has 1 aliphatic heterocycles. The number of aliphatic hydroxyl groups excluding tert-OH is 2. The number of hydrogen-bond acceptors (Lipinski definition) is 20. The summed E-state index contributed by atoms with van der Waals surface area (Å²) in [4.78, 5) is 25.8. The second-order valence-electron chi connectivity index (χ2n) is 12.4. The van der Waals surface area contributed by atoms with Crippen LogP contribution in [0.25, 0.3) is 11.2 Å². The van der Waals surface area contributed by atoms with Gasteiger partial charge in [-0.2, -0.15) is 8.62 Å². The Labute approximate surface area is 307 Å². The molecule has 0 bridgehead atoms. The highest BCUT2D eigenvalue weighted by molar-refractivity contribution is 7.68. The fraction of sp³-hybridized carbons (Fsp3) is 0.821. The Morgan fingerprint density at radius 2 is 1.47 bits per heavy atom. The molecule has 0 aromatic carbocycles. The van der Waals surface area contributed by atoms with E-state index in [9.17, 15) is 23.9 Å². The number of nitrogens with zero attached hydrogens (tertiary/aromatic N) is 4. The Balaban J connectivity index is 1.29. The Kier molecular flexibility index (Phi) is 18.1. The fourth-order valence-electron chi connectivity index (χ4n) is 6.05. The smallest absolute Gasteiger partial charge is 0.387 e. The lowest BCUT2D eigenvalue weighted by Gasteiger charge is -2.23. The predicted molar refractivity (Wildman–Crippen MR) is 186 cm³/mol. The van der Waals surface area contributed by atoms with E-state index >= 15 is 0 Å². The number of imidazole rings is 1. The maximum atomic E-state index is 13.3. The molecule has 1 saturated heterocycles. The van der Waals surface area contributed by atoms with E-state index < -0.39 is 54.5 Å². The van der Waals surface area contributed by atoms with Crippen molar-refractivity contribution in [2.24, 2.45) is 5.50 Å². The van der Waals surface area contributed by atoms with E-state index in [-0.39, 0.29) is 0 Å². The van der Waals surface area contributed by atoms with Gasteiger partial charge in [-0.25, -0.2) is 48.8 Å². The summed E-state index contributed by atoms with van der Waals surface area (Å²) in [5.41, 5.74) is 5.93. The molecule has 3 heterocycles. The van der Waals surface area contributed by atoms with Gasteiger partial charge >= 0.3 is 23.4 Å². The first kappa shape index (κ1) is 44.2. The van der Waals surface area contributed by atoms with Crippen LogP contribution < -0.4 is 16.1 Å². The molecule has 0 radical (unpaired) electrons. The van der Waals surface area contributed by atoms with Crippen molar-refractivity contribution in [3.63, 3.8) is 0 Å². The quantitative estimate of drug-likeness (QED) is 0.0444. The van der Waals surface area contributed by atoms with E-state index in [0.717, 1.165) is 53.6 Å². The molecule has 4 rings (SSSR count). The zero-order chi connectivity index (χ0) is 38.3. The van der Waals surface area contributed by atoms with Crippen molar-refractivity contribution in [1.82, 2.24) is 24.8 Å². The van der Waals surface area contributed by atoms with Gasteiger partial charge in [0, 0.05) is 12.6 Å². The number of phosphoric acid groups is 2. The van der Waals surface area contributed by atoms with Crippen LogP contribution in [-0.2, 0) is 60.3 Å². The first-order valence-electron chi connectivity index (χ1n) is 17.4. The molecule has 2 aliphatic rings. The molecule has 1 aliphatic carbocycles. The molecule has 53 heavy (non-hydrogen) atoms. The average molecular weight is 820 g/mol. The summed E-state index contributed by atoms with van der Waals surface area (Å²) in [5, 5.41) is 28.7. The van der Waals surface area contributed by atoms with Gasteiger partial charge in [0.25, 0.3) is 0 Å². The lowest BCUT2D eigenvalue weighted by Crippen LogP contribution is -2.33. The topological polar surface area (TPSA) is 278 Å². The third-order valence-electron chi connectivity index (χ3n) is 8.48. The molecule has 25 heteroatoms. The number of rotatable bonds is 23. The zero-order valence-electron chi connectivity index (χ0n) is 30.1. The Hall–Kier alpha value is -1.52. The lowest BCUT2D eigenvalue weighted by atomic mass is 10.0. The summed E-state index contributed by atoms with van der Waals surface area (Å²) in [6.07, 6.45) is 11.8. The van der Waals surface area contributed by atoms with Crippen molar-refractivity contribution in [3.05, 3.63) is 12.7 Å².